The van der Waals surface area contributed by atoms with E-state index in [1.165, 1.54) is 0 Å². The van der Waals surface area contributed by atoms with E-state index in [0.717, 1.165) is 22.4 Å². The molecule has 3 aromatic rings. The number of rotatable bonds is 9. The Morgan fingerprint density at radius 1 is 0.927 bits per heavy atom. The zero-order valence-electron chi connectivity index (χ0n) is 24.1. The fraction of sp³-hybridized carbons (Fsp3) is 0.343. The molecule has 3 aromatic carbocycles. The number of ketones is 1. The maximum absolute atomic E-state index is 13.9. The summed E-state index contributed by atoms with van der Waals surface area (Å²) in [4.78, 5) is 32.3. The minimum atomic E-state index is -0.703. The number of hydrogen-bond donors (Lipinski definition) is 0. The number of benzene rings is 3. The van der Waals surface area contributed by atoms with Crippen molar-refractivity contribution in [2.45, 2.75) is 52.1 Å². The van der Waals surface area contributed by atoms with Gasteiger partial charge in [0.15, 0.2) is 17.3 Å². The second kappa shape index (κ2) is 12.5. The highest BCUT2D eigenvalue weighted by molar-refractivity contribution is 6.09. The molecule has 6 heteroatoms. The van der Waals surface area contributed by atoms with Gasteiger partial charge in [0.2, 0.25) is 0 Å². The van der Waals surface area contributed by atoms with Crippen molar-refractivity contribution in [3.05, 3.63) is 107 Å². The summed E-state index contributed by atoms with van der Waals surface area (Å²) in [6.45, 7) is 6.57. The van der Waals surface area contributed by atoms with E-state index in [1.807, 2.05) is 87.5 Å². The molecule has 0 bridgehead atoms. The molecule has 3 atom stereocenters. The summed E-state index contributed by atoms with van der Waals surface area (Å²) in [7, 11) is 1.59. The second-order valence-corrected chi connectivity index (χ2v) is 11.2. The average Bonchev–Trinajstić information content (AvgIpc) is 2.99. The molecule has 1 aliphatic heterocycles. The SMILES string of the molecule is COc1cc([C@@H]2C3=C(C[C@@H](c4ccccc4)CC3=O)N=C(C)C2C(=O)OCC(C)C)ccc1OCc1ccccc1. The first-order chi connectivity index (χ1) is 19.9. The summed E-state index contributed by atoms with van der Waals surface area (Å²) < 4.78 is 17.5. The number of ether oxygens (including phenoxy) is 3. The third-order valence-corrected chi connectivity index (χ3v) is 7.76. The molecule has 0 radical (unpaired) electrons. The van der Waals surface area contributed by atoms with Crippen LogP contribution in [-0.4, -0.2) is 31.2 Å². The fourth-order valence-corrected chi connectivity index (χ4v) is 5.76. The van der Waals surface area contributed by atoms with Gasteiger partial charge in [0.05, 0.1) is 13.7 Å². The van der Waals surface area contributed by atoms with Gasteiger partial charge in [0.25, 0.3) is 0 Å². The minimum absolute atomic E-state index is 0.0198. The molecule has 0 aromatic heterocycles. The molecule has 2 aliphatic rings. The van der Waals surface area contributed by atoms with Crippen LogP contribution in [0.1, 0.15) is 62.1 Å². The average molecular weight is 552 g/mol. The molecular weight excluding hydrogens is 514 g/mol. The van der Waals surface area contributed by atoms with Gasteiger partial charge in [-0.25, -0.2) is 0 Å². The number of allylic oxidation sites excluding steroid dienone is 2. The molecule has 5 rings (SSSR count). The van der Waals surface area contributed by atoms with Gasteiger partial charge in [-0.2, -0.15) is 0 Å². The number of Topliss-reactive ketones (excluding diaryl/α,β-unsaturated/α-hetero) is 1. The maximum Gasteiger partial charge on any atom is 0.315 e. The summed E-state index contributed by atoms with van der Waals surface area (Å²) in [5.41, 5.74) is 4.99. The van der Waals surface area contributed by atoms with Crippen LogP contribution in [0.2, 0.25) is 0 Å². The Hall–Kier alpha value is -4.19. The van der Waals surface area contributed by atoms with Crippen molar-refractivity contribution in [2.24, 2.45) is 16.8 Å². The Labute approximate surface area is 242 Å². The van der Waals surface area contributed by atoms with E-state index in [9.17, 15) is 9.59 Å². The van der Waals surface area contributed by atoms with E-state index < -0.39 is 11.8 Å². The van der Waals surface area contributed by atoms with Crippen LogP contribution in [0.3, 0.4) is 0 Å². The molecule has 1 unspecified atom stereocenters. The van der Waals surface area contributed by atoms with Crippen molar-refractivity contribution in [1.29, 1.82) is 0 Å². The molecule has 0 saturated heterocycles. The zero-order valence-corrected chi connectivity index (χ0v) is 24.1. The largest absolute Gasteiger partial charge is 0.493 e. The molecule has 0 fully saturated rings. The molecule has 6 nitrogen and oxygen atoms in total. The first-order valence-electron chi connectivity index (χ1n) is 14.2. The van der Waals surface area contributed by atoms with Crippen molar-refractivity contribution in [3.63, 3.8) is 0 Å². The Morgan fingerprint density at radius 3 is 2.32 bits per heavy atom. The highest BCUT2D eigenvalue weighted by Gasteiger charge is 2.45. The number of hydrogen-bond acceptors (Lipinski definition) is 6. The number of esters is 1. The van der Waals surface area contributed by atoms with Crippen molar-refractivity contribution >= 4 is 17.5 Å². The van der Waals surface area contributed by atoms with Gasteiger partial charge < -0.3 is 14.2 Å². The van der Waals surface area contributed by atoms with Crippen LogP contribution < -0.4 is 9.47 Å². The van der Waals surface area contributed by atoms with Gasteiger partial charge in [-0.15, -0.1) is 0 Å². The molecule has 0 N–H and O–H groups in total. The fourth-order valence-electron chi connectivity index (χ4n) is 5.76. The smallest absolute Gasteiger partial charge is 0.315 e. The lowest BCUT2D eigenvalue weighted by molar-refractivity contribution is -0.147. The summed E-state index contributed by atoms with van der Waals surface area (Å²) in [6.07, 6.45) is 1.01. The quantitative estimate of drug-likeness (QED) is 0.267. The van der Waals surface area contributed by atoms with Gasteiger partial charge in [-0.3, -0.25) is 14.6 Å². The predicted octanol–water partition coefficient (Wildman–Crippen LogP) is 7.05. The van der Waals surface area contributed by atoms with Crippen molar-refractivity contribution in [3.8, 4) is 11.5 Å². The monoisotopic (exact) mass is 551 g/mol. The Morgan fingerprint density at radius 2 is 1.63 bits per heavy atom. The molecule has 0 spiro atoms. The molecular formula is C35H37NO5. The van der Waals surface area contributed by atoms with E-state index in [-0.39, 0.29) is 23.6 Å². The van der Waals surface area contributed by atoms with Crippen LogP contribution in [0.25, 0.3) is 0 Å². The summed E-state index contributed by atoms with van der Waals surface area (Å²) in [5.74, 6) is -0.197. The lowest BCUT2D eigenvalue weighted by Crippen LogP contribution is -2.38. The number of methoxy groups -OCH3 is 1. The third kappa shape index (κ3) is 6.27. The first kappa shape index (κ1) is 28.3. The number of carbonyl (C=O) groups is 2. The van der Waals surface area contributed by atoms with Gasteiger partial charge in [-0.1, -0.05) is 80.6 Å². The van der Waals surface area contributed by atoms with Crippen LogP contribution in [0, 0.1) is 11.8 Å². The first-order valence-corrected chi connectivity index (χ1v) is 14.2. The van der Waals surface area contributed by atoms with Crippen molar-refractivity contribution in [1.82, 2.24) is 0 Å². The lowest BCUT2D eigenvalue weighted by atomic mass is 9.69. The molecule has 41 heavy (non-hydrogen) atoms. The standard InChI is InChI=1S/C35H37NO5/c1-22(2)20-41-35(38)32-23(3)36-28-17-27(25-13-9-6-10-14-25)18-29(37)34(28)33(32)26-15-16-30(31(19-26)39-4)40-21-24-11-7-5-8-12-24/h5-16,19,22,27,32-33H,17-18,20-21H2,1-4H3/t27-,32?,33+/m1/s1. The van der Waals surface area contributed by atoms with Crippen molar-refractivity contribution < 1.29 is 23.8 Å². The summed E-state index contributed by atoms with van der Waals surface area (Å²) in [5, 5.41) is 0. The highest BCUT2D eigenvalue weighted by atomic mass is 16.5. The minimum Gasteiger partial charge on any atom is -0.493 e. The predicted molar refractivity (Wildman–Crippen MR) is 159 cm³/mol. The summed E-state index contributed by atoms with van der Waals surface area (Å²) >= 11 is 0. The highest BCUT2D eigenvalue weighted by Crippen LogP contribution is 2.48. The third-order valence-electron chi connectivity index (χ3n) is 7.76. The molecule has 0 saturated carbocycles. The van der Waals surface area contributed by atoms with Gasteiger partial charge in [-0.05, 0) is 54.0 Å². The molecule has 212 valence electrons. The van der Waals surface area contributed by atoms with Gasteiger partial charge >= 0.3 is 5.97 Å². The number of nitrogens with zero attached hydrogens (tertiary/aromatic N) is 1. The second-order valence-electron chi connectivity index (χ2n) is 11.2. The van der Waals surface area contributed by atoms with E-state index in [4.69, 9.17) is 19.2 Å². The number of carbonyl (C=O) groups excluding carboxylic acids is 2. The van der Waals surface area contributed by atoms with Crippen LogP contribution in [0.15, 0.2) is 95.1 Å². The molecule has 0 amide bonds. The normalized spacial score (nSPS) is 20.4. The summed E-state index contributed by atoms with van der Waals surface area (Å²) in [6, 6.07) is 25.7. The molecule has 1 heterocycles. The van der Waals surface area contributed by atoms with Crippen LogP contribution in [-0.2, 0) is 20.9 Å². The Balaban J connectivity index is 1.52. The van der Waals surface area contributed by atoms with E-state index in [2.05, 4.69) is 12.1 Å². The Bertz CT molecular complexity index is 1460. The van der Waals surface area contributed by atoms with E-state index in [1.54, 1.807) is 7.11 Å². The van der Waals surface area contributed by atoms with Gasteiger partial charge in [0, 0.05) is 29.3 Å². The topological polar surface area (TPSA) is 74.2 Å². The van der Waals surface area contributed by atoms with Crippen molar-refractivity contribution in [2.75, 3.05) is 13.7 Å². The maximum atomic E-state index is 13.9. The van der Waals surface area contributed by atoms with Crippen LogP contribution in [0.5, 0.6) is 11.5 Å². The van der Waals surface area contributed by atoms with Gasteiger partial charge in [0.1, 0.15) is 12.5 Å². The molecule has 1 aliphatic carbocycles. The lowest BCUT2D eigenvalue weighted by Gasteiger charge is -2.36. The zero-order chi connectivity index (χ0) is 28.9. The Kier molecular flexibility index (Phi) is 8.67. The van der Waals surface area contributed by atoms with Crippen LogP contribution >= 0.6 is 0 Å². The number of aliphatic imine (C=N–C) groups is 1. The van der Waals surface area contributed by atoms with Crippen LogP contribution in [0.4, 0.5) is 0 Å². The van der Waals surface area contributed by atoms with E-state index in [0.29, 0.717) is 48.8 Å². The van der Waals surface area contributed by atoms with E-state index >= 15 is 0 Å².